The van der Waals surface area contributed by atoms with Gasteiger partial charge in [0.15, 0.2) is 0 Å². The van der Waals surface area contributed by atoms with Crippen LogP contribution in [0.25, 0.3) is 0 Å². The fourth-order valence-corrected chi connectivity index (χ4v) is 3.04. The van der Waals surface area contributed by atoms with E-state index in [2.05, 4.69) is 31.3 Å². The monoisotopic (exact) mass is 383 g/mol. The lowest BCUT2D eigenvalue weighted by atomic mass is 10.1. The molecule has 2 aromatic rings. The second-order valence-electron chi connectivity index (χ2n) is 7.04. The maximum atomic E-state index is 12.5. The first-order valence-electron chi connectivity index (χ1n) is 9.54. The van der Waals surface area contributed by atoms with Crippen LogP contribution >= 0.6 is 0 Å². The van der Waals surface area contributed by atoms with E-state index in [0.717, 1.165) is 24.2 Å². The Balaban J connectivity index is 1.86. The molecule has 28 heavy (non-hydrogen) atoms. The molecule has 0 heterocycles. The van der Waals surface area contributed by atoms with Crippen LogP contribution in [0.15, 0.2) is 42.5 Å². The molecular weight excluding hydrogens is 354 g/mol. The van der Waals surface area contributed by atoms with Gasteiger partial charge < -0.3 is 10.2 Å². The van der Waals surface area contributed by atoms with Crippen LogP contribution in [-0.4, -0.2) is 35.5 Å². The van der Waals surface area contributed by atoms with E-state index in [1.165, 1.54) is 11.1 Å². The van der Waals surface area contributed by atoms with Crippen molar-refractivity contribution in [2.75, 3.05) is 18.9 Å². The Bertz CT molecular complexity index is 783. The van der Waals surface area contributed by atoms with Gasteiger partial charge in [0.25, 0.3) is 5.91 Å². The Morgan fingerprint density at radius 1 is 0.964 bits per heavy atom. The molecule has 0 saturated heterocycles. The third-order valence-corrected chi connectivity index (χ3v) is 4.75. The van der Waals surface area contributed by atoms with Gasteiger partial charge >= 0.3 is 0 Å². The molecule has 2 aromatic carbocycles. The molecule has 2 rings (SSSR count). The van der Waals surface area contributed by atoms with Crippen LogP contribution in [-0.2, 0) is 4.79 Å². The van der Waals surface area contributed by atoms with Crippen molar-refractivity contribution in [3.05, 3.63) is 59.2 Å². The van der Waals surface area contributed by atoms with E-state index in [-0.39, 0.29) is 11.8 Å². The van der Waals surface area contributed by atoms with Crippen molar-refractivity contribution in [1.29, 1.82) is 0 Å². The number of nitrogens with one attached hydrogen (secondary N) is 2. The van der Waals surface area contributed by atoms with E-state index in [0.29, 0.717) is 24.9 Å². The highest BCUT2D eigenvalue weighted by Gasteiger charge is 2.11. The number of para-hydroxylation sites is 1. The number of hydrogen-bond donors (Lipinski definition) is 3. The molecule has 3 N–H and O–H groups in total. The van der Waals surface area contributed by atoms with Crippen molar-refractivity contribution in [1.82, 2.24) is 10.4 Å². The zero-order chi connectivity index (χ0) is 20.5. The summed E-state index contributed by atoms with van der Waals surface area (Å²) in [6.45, 7) is 4.76. The molecule has 0 saturated carbocycles. The van der Waals surface area contributed by atoms with Gasteiger partial charge in [-0.3, -0.25) is 14.8 Å². The van der Waals surface area contributed by atoms with Gasteiger partial charge in [-0.15, -0.1) is 0 Å². The number of rotatable bonds is 9. The number of amides is 2. The highest BCUT2D eigenvalue weighted by Crippen LogP contribution is 2.24. The summed E-state index contributed by atoms with van der Waals surface area (Å²) in [6, 6.07) is 13.7. The van der Waals surface area contributed by atoms with E-state index in [1.807, 2.05) is 30.3 Å². The minimum absolute atomic E-state index is 0.0216. The molecule has 2 amide bonds. The minimum atomic E-state index is -0.376. The Hall–Kier alpha value is -2.86. The second-order valence-corrected chi connectivity index (χ2v) is 7.04. The highest BCUT2D eigenvalue weighted by atomic mass is 16.5. The van der Waals surface area contributed by atoms with Gasteiger partial charge in [-0.05, 0) is 62.1 Å². The van der Waals surface area contributed by atoms with Crippen LogP contribution in [0.1, 0.15) is 47.2 Å². The first-order valence-corrected chi connectivity index (χ1v) is 9.54. The normalized spacial score (nSPS) is 10.4. The Kier molecular flexibility index (Phi) is 8.02. The molecule has 0 aliphatic carbocycles. The van der Waals surface area contributed by atoms with E-state index in [1.54, 1.807) is 17.4 Å². The zero-order valence-corrected chi connectivity index (χ0v) is 16.8. The van der Waals surface area contributed by atoms with Crippen molar-refractivity contribution >= 4 is 23.2 Å². The number of carbonyl (C=O) groups is 2. The summed E-state index contributed by atoms with van der Waals surface area (Å²) in [5, 5.41) is 11.9. The predicted octanol–water partition coefficient (Wildman–Crippen LogP) is 4.18. The molecule has 0 atom stereocenters. The molecular formula is C22H29N3O3. The largest absolute Gasteiger partial charge is 0.355 e. The topological polar surface area (TPSA) is 81.7 Å². The van der Waals surface area contributed by atoms with Crippen molar-refractivity contribution in [2.24, 2.45) is 0 Å². The van der Waals surface area contributed by atoms with Crippen LogP contribution in [0.4, 0.5) is 11.4 Å². The van der Waals surface area contributed by atoms with Crippen LogP contribution in [0, 0.1) is 13.8 Å². The van der Waals surface area contributed by atoms with Crippen molar-refractivity contribution in [3.8, 4) is 0 Å². The molecule has 0 radical (unpaired) electrons. The summed E-state index contributed by atoms with van der Waals surface area (Å²) in [5.74, 6) is -0.397. The number of hydroxylamine groups is 1. The van der Waals surface area contributed by atoms with Crippen molar-refractivity contribution in [3.63, 3.8) is 0 Å². The van der Waals surface area contributed by atoms with E-state index in [4.69, 9.17) is 5.21 Å². The number of hydrogen-bond acceptors (Lipinski definition) is 4. The molecule has 0 aromatic heterocycles. The summed E-state index contributed by atoms with van der Waals surface area (Å²) in [5.41, 5.74) is 6.66. The summed E-state index contributed by atoms with van der Waals surface area (Å²) >= 11 is 0. The van der Waals surface area contributed by atoms with Gasteiger partial charge in [-0.1, -0.05) is 24.6 Å². The SMILES string of the molecule is Cc1cccc(C)c1Nc1ccc(C(=O)N(C)CCCCCC(=O)NO)cc1. The van der Waals surface area contributed by atoms with Crippen molar-refractivity contribution < 1.29 is 14.8 Å². The molecule has 0 aliphatic rings. The molecule has 150 valence electrons. The number of carbonyl (C=O) groups excluding carboxylic acids is 2. The lowest BCUT2D eigenvalue weighted by Crippen LogP contribution is -2.27. The Labute approximate surface area is 166 Å². The van der Waals surface area contributed by atoms with Gasteiger partial charge in [0.1, 0.15) is 0 Å². The second kappa shape index (κ2) is 10.5. The van der Waals surface area contributed by atoms with Gasteiger partial charge in [0, 0.05) is 37.0 Å². The fourth-order valence-electron chi connectivity index (χ4n) is 3.04. The summed E-state index contributed by atoms with van der Waals surface area (Å²) in [6.07, 6.45) is 2.62. The first kappa shape index (κ1) is 21.4. The summed E-state index contributed by atoms with van der Waals surface area (Å²) in [7, 11) is 1.78. The number of benzene rings is 2. The summed E-state index contributed by atoms with van der Waals surface area (Å²) in [4.78, 5) is 25.2. The smallest absolute Gasteiger partial charge is 0.253 e. The molecule has 6 nitrogen and oxygen atoms in total. The number of nitrogens with zero attached hydrogens (tertiary/aromatic N) is 1. The zero-order valence-electron chi connectivity index (χ0n) is 16.8. The van der Waals surface area contributed by atoms with Gasteiger partial charge in [-0.25, -0.2) is 5.48 Å². The molecule has 0 unspecified atom stereocenters. The van der Waals surface area contributed by atoms with Crippen LogP contribution in [0.3, 0.4) is 0 Å². The summed E-state index contributed by atoms with van der Waals surface area (Å²) < 4.78 is 0. The van der Waals surface area contributed by atoms with Crippen LogP contribution < -0.4 is 10.8 Å². The van der Waals surface area contributed by atoms with E-state index < -0.39 is 0 Å². The van der Waals surface area contributed by atoms with Crippen LogP contribution in [0.2, 0.25) is 0 Å². The van der Waals surface area contributed by atoms with Gasteiger partial charge in [0.2, 0.25) is 5.91 Å². The van der Waals surface area contributed by atoms with Gasteiger partial charge in [-0.2, -0.15) is 0 Å². The molecule has 6 heteroatoms. The lowest BCUT2D eigenvalue weighted by Gasteiger charge is -2.18. The fraction of sp³-hybridized carbons (Fsp3) is 0.364. The third kappa shape index (κ3) is 6.09. The molecule has 0 spiro atoms. The quantitative estimate of drug-likeness (QED) is 0.345. The maximum absolute atomic E-state index is 12.5. The Morgan fingerprint density at radius 2 is 1.61 bits per heavy atom. The Morgan fingerprint density at radius 3 is 2.21 bits per heavy atom. The molecule has 0 aliphatic heterocycles. The minimum Gasteiger partial charge on any atom is -0.355 e. The van der Waals surface area contributed by atoms with E-state index >= 15 is 0 Å². The highest BCUT2D eigenvalue weighted by molar-refractivity contribution is 5.94. The standard InChI is InChI=1S/C22H29N3O3/c1-16-8-7-9-17(2)21(16)23-19-13-11-18(12-14-19)22(27)25(3)15-6-4-5-10-20(26)24-28/h7-9,11-14,23,28H,4-6,10,15H2,1-3H3,(H,24,26). The van der Waals surface area contributed by atoms with E-state index in [9.17, 15) is 9.59 Å². The predicted molar refractivity (Wildman–Crippen MR) is 111 cm³/mol. The number of anilines is 2. The number of aryl methyl sites for hydroxylation is 2. The average molecular weight is 383 g/mol. The van der Waals surface area contributed by atoms with Crippen LogP contribution in [0.5, 0.6) is 0 Å². The van der Waals surface area contributed by atoms with Crippen molar-refractivity contribution in [2.45, 2.75) is 39.5 Å². The third-order valence-electron chi connectivity index (χ3n) is 4.75. The number of unbranched alkanes of at least 4 members (excludes halogenated alkanes) is 2. The first-order chi connectivity index (χ1) is 13.4. The lowest BCUT2D eigenvalue weighted by molar-refractivity contribution is -0.129. The molecule has 0 fully saturated rings. The molecule has 0 bridgehead atoms. The van der Waals surface area contributed by atoms with Gasteiger partial charge in [0.05, 0.1) is 0 Å². The maximum Gasteiger partial charge on any atom is 0.253 e. The average Bonchev–Trinajstić information content (AvgIpc) is 2.70.